The van der Waals surface area contributed by atoms with Crippen molar-refractivity contribution in [1.29, 1.82) is 0 Å². The third kappa shape index (κ3) is 2.93. The summed E-state index contributed by atoms with van der Waals surface area (Å²) in [5, 5.41) is 21.8. The lowest BCUT2D eigenvalue weighted by Crippen LogP contribution is -2.65. The zero-order chi connectivity index (χ0) is 27.8. The van der Waals surface area contributed by atoms with Crippen LogP contribution in [0.3, 0.4) is 0 Å². The lowest BCUT2D eigenvalue weighted by molar-refractivity contribution is -0.282. The van der Waals surface area contributed by atoms with Crippen LogP contribution in [0.25, 0.3) is 0 Å². The molecular weight excluding hydrogens is 526 g/mol. The Morgan fingerprint density at radius 2 is 1.77 bits per heavy atom. The molecule has 1 spiro atoms. The number of phenolic OH excluding ortho intramolecular Hbond substituents is 1. The van der Waals surface area contributed by atoms with Gasteiger partial charge in [-0.05, 0) is 27.2 Å². The third-order valence-electron chi connectivity index (χ3n) is 9.66. The standard InChI is InChI=1S/C28H29NO11/c1-8-11(30)4-5-16(36-8)38-14-6-12-18-22-27(40-29-28(14,22)10(3)37-12)21-19(24(18)33)25(34)20-17(23(21)32)9(2)35-13-7-15(31)39-26(13)20/h8-14,16,26,29-30,33H,4-7H2,1-3H3. The number of nitrogens with one attached hydrogen (secondary N) is 1. The van der Waals surface area contributed by atoms with E-state index in [0.29, 0.717) is 30.4 Å². The van der Waals surface area contributed by atoms with Crippen LogP contribution in [-0.2, 0) is 34.0 Å². The fourth-order valence-electron chi connectivity index (χ4n) is 7.75. The Bertz CT molecular complexity index is 1440. The molecule has 1 aromatic carbocycles. The summed E-state index contributed by atoms with van der Waals surface area (Å²) >= 11 is 0. The molecule has 1 aromatic rings. The van der Waals surface area contributed by atoms with Gasteiger partial charge in [-0.15, -0.1) is 5.48 Å². The van der Waals surface area contributed by atoms with Crippen molar-refractivity contribution in [1.82, 2.24) is 5.48 Å². The highest BCUT2D eigenvalue weighted by Crippen LogP contribution is 2.62. The van der Waals surface area contributed by atoms with Gasteiger partial charge in [0.15, 0.2) is 29.7 Å². The van der Waals surface area contributed by atoms with E-state index in [-0.39, 0.29) is 46.3 Å². The van der Waals surface area contributed by atoms with Crippen LogP contribution in [0, 0.1) is 0 Å². The summed E-state index contributed by atoms with van der Waals surface area (Å²) < 4.78 is 30.0. The van der Waals surface area contributed by atoms with Gasteiger partial charge in [0, 0.05) is 29.5 Å². The highest BCUT2D eigenvalue weighted by molar-refractivity contribution is 6.30. The number of hydroxylamine groups is 1. The summed E-state index contributed by atoms with van der Waals surface area (Å²) in [5.74, 6) is -1.79. The Morgan fingerprint density at radius 1 is 1.00 bits per heavy atom. The van der Waals surface area contributed by atoms with Crippen LogP contribution in [0.2, 0.25) is 0 Å². The molecule has 10 atom stereocenters. The number of hydrogen-bond acceptors (Lipinski definition) is 12. The summed E-state index contributed by atoms with van der Waals surface area (Å²) in [4.78, 5) is 46.2. The molecule has 9 rings (SSSR count). The predicted molar refractivity (Wildman–Crippen MR) is 130 cm³/mol. The summed E-state index contributed by atoms with van der Waals surface area (Å²) in [5.41, 5.74) is 2.83. The Hall–Kier alpha value is -2.87. The summed E-state index contributed by atoms with van der Waals surface area (Å²) in [6.07, 6.45) is -4.26. The molecule has 0 amide bonds. The maximum absolute atomic E-state index is 14.1. The van der Waals surface area contributed by atoms with Crippen LogP contribution in [0.1, 0.15) is 84.4 Å². The van der Waals surface area contributed by atoms with Gasteiger partial charge in [0.2, 0.25) is 0 Å². The van der Waals surface area contributed by atoms with Crippen molar-refractivity contribution in [2.75, 3.05) is 0 Å². The van der Waals surface area contributed by atoms with E-state index in [1.807, 2.05) is 6.92 Å². The zero-order valence-corrected chi connectivity index (χ0v) is 22.1. The topological polar surface area (TPSA) is 159 Å². The van der Waals surface area contributed by atoms with Crippen molar-refractivity contribution in [3.05, 3.63) is 33.4 Å². The molecule has 6 heterocycles. The van der Waals surface area contributed by atoms with Crippen LogP contribution in [0.4, 0.5) is 0 Å². The van der Waals surface area contributed by atoms with E-state index in [9.17, 15) is 24.6 Å². The zero-order valence-electron chi connectivity index (χ0n) is 22.1. The second-order valence-electron chi connectivity index (χ2n) is 11.7. The Balaban J connectivity index is 1.26. The number of ether oxygens (including phenoxy) is 5. The molecule has 0 aromatic heterocycles. The number of benzene rings is 1. The monoisotopic (exact) mass is 555 g/mol. The van der Waals surface area contributed by atoms with Gasteiger partial charge < -0.3 is 38.7 Å². The average Bonchev–Trinajstić information content (AvgIpc) is 3.48. The van der Waals surface area contributed by atoms with Crippen molar-refractivity contribution in [2.45, 2.75) is 107 Å². The number of aliphatic hydroxyl groups is 1. The summed E-state index contributed by atoms with van der Waals surface area (Å²) in [6.45, 7) is 5.31. The number of Topliss-reactive ketones (excluding diaryl/α,β-unsaturated/α-hetero) is 2. The van der Waals surface area contributed by atoms with Gasteiger partial charge in [0.05, 0.1) is 59.7 Å². The first kappa shape index (κ1) is 24.9. The number of ketones is 2. The third-order valence-corrected chi connectivity index (χ3v) is 9.66. The first-order valence-corrected chi connectivity index (χ1v) is 13.8. The number of fused-ring (bicyclic) bond motifs is 6. The van der Waals surface area contributed by atoms with Crippen LogP contribution in [0.5, 0.6) is 11.5 Å². The van der Waals surface area contributed by atoms with E-state index in [2.05, 4.69) is 5.48 Å². The van der Waals surface area contributed by atoms with Gasteiger partial charge in [0.25, 0.3) is 0 Å². The van der Waals surface area contributed by atoms with Crippen molar-refractivity contribution in [2.24, 2.45) is 0 Å². The summed E-state index contributed by atoms with van der Waals surface area (Å²) in [7, 11) is 0. The number of aromatic hydroxyl groups is 1. The Morgan fingerprint density at radius 3 is 2.55 bits per heavy atom. The van der Waals surface area contributed by atoms with Crippen LogP contribution in [0.15, 0.2) is 11.1 Å². The quantitative estimate of drug-likeness (QED) is 0.451. The van der Waals surface area contributed by atoms with Gasteiger partial charge in [-0.2, -0.15) is 0 Å². The molecule has 3 fully saturated rings. The first-order valence-electron chi connectivity index (χ1n) is 13.8. The molecule has 8 aliphatic rings. The van der Waals surface area contributed by atoms with Crippen molar-refractivity contribution >= 4 is 17.5 Å². The van der Waals surface area contributed by atoms with Crippen molar-refractivity contribution < 1.29 is 53.1 Å². The minimum Gasteiger partial charge on any atom is -0.507 e. The molecule has 10 unspecified atom stereocenters. The van der Waals surface area contributed by atoms with Gasteiger partial charge in [0.1, 0.15) is 17.4 Å². The Kier molecular flexibility index (Phi) is 5.05. The van der Waals surface area contributed by atoms with Crippen molar-refractivity contribution in [3.63, 3.8) is 0 Å². The maximum Gasteiger partial charge on any atom is 0.309 e. The highest BCUT2D eigenvalue weighted by atomic mass is 16.7. The first-order chi connectivity index (χ1) is 19.1. The number of esters is 1. The van der Waals surface area contributed by atoms with E-state index < -0.39 is 72.1 Å². The van der Waals surface area contributed by atoms with Crippen LogP contribution in [-0.4, -0.2) is 76.8 Å². The highest BCUT2D eigenvalue weighted by Gasteiger charge is 2.66. The van der Waals surface area contributed by atoms with Gasteiger partial charge in [-0.25, -0.2) is 0 Å². The number of carbonyl (C=O) groups is 3. The van der Waals surface area contributed by atoms with Crippen molar-refractivity contribution in [3.8, 4) is 11.5 Å². The van der Waals surface area contributed by atoms with Gasteiger partial charge >= 0.3 is 5.97 Å². The molecule has 3 saturated heterocycles. The molecule has 212 valence electrons. The molecule has 0 saturated carbocycles. The molecule has 2 aliphatic carbocycles. The predicted octanol–water partition coefficient (Wildman–Crippen LogP) is 1.40. The second kappa shape index (κ2) is 8.11. The van der Waals surface area contributed by atoms with E-state index in [4.69, 9.17) is 28.5 Å². The number of aliphatic hydroxyl groups excluding tert-OH is 1. The maximum atomic E-state index is 14.1. The van der Waals surface area contributed by atoms with E-state index in [1.54, 1.807) is 13.8 Å². The molecule has 2 bridgehead atoms. The fraction of sp³-hybridized carbons (Fsp3) is 0.607. The molecule has 3 N–H and O–H groups in total. The fourth-order valence-corrected chi connectivity index (χ4v) is 7.75. The lowest BCUT2D eigenvalue weighted by atomic mass is 9.65. The molecule has 6 aliphatic heterocycles. The molecular formula is C28H29NO11. The second-order valence-corrected chi connectivity index (χ2v) is 11.7. The number of rotatable bonds is 2. The summed E-state index contributed by atoms with van der Waals surface area (Å²) in [6, 6.07) is 0. The van der Waals surface area contributed by atoms with Crippen LogP contribution < -0.4 is 10.3 Å². The molecule has 12 heteroatoms. The molecule has 0 radical (unpaired) electrons. The van der Waals surface area contributed by atoms with E-state index >= 15 is 0 Å². The Labute approximate surface area is 228 Å². The lowest BCUT2D eigenvalue weighted by Gasteiger charge is -2.53. The largest absolute Gasteiger partial charge is 0.507 e. The minimum absolute atomic E-state index is 0.0191. The SMILES string of the molecule is CC1OC2CC(=O)OC2C2=C1C(=O)c1c3c4c(c(O)c1C2=O)C1CC(OC2CCC(O)C(C)O2)C4(NO3)C(C)O1. The number of carbonyl (C=O) groups excluding carboxylic acids is 3. The van der Waals surface area contributed by atoms with Gasteiger partial charge in [-0.1, -0.05) is 0 Å². The normalized spacial score (nSPS) is 42.7. The van der Waals surface area contributed by atoms with Crippen LogP contribution >= 0.6 is 0 Å². The molecule has 12 nitrogen and oxygen atoms in total. The van der Waals surface area contributed by atoms with E-state index in [0.717, 1.165) is 0 Å². The average molecular weight is 556 g/mol. The number of hydrogen-bond donors (Lipinski definition) is 3. The van der Waals surface area contributed by atoms with Gasteiger partial charge in [-0.3, -0.25) is 14.4 Å². The minimum atomic E-state index is -1.09. The number of phenols is 1. The van der Waals surface area contributed by atoms with E-state index in [1.165, 1.54) is 0 Å². The molecule has 40 heavy (non-hydrogen) atoms. The smallest absolute Gasteiger partial charge is 0.309 e.